The number of piperidine rings is 1. The highest BCUT2D eigenvalue weighted by molar-refractivity contribution is 6.01. The predicted octanol–water partition coefficient (Wildman–Crippen LogP) is 0.361. The third kappa shape index (κ3) is 2.92. The lowest BCUT2D eigenvalue weighted by Gasteiger charge is -2.41. The molecule has 1 saturated carbocycles. The van der Waals surface area contributed by atoms with E-state index in [1.54, 1.807) is 0 Å². The molecule has 2 atom stereocenters. The Kier molecular flexibility index (Phi) is 4.62. The van der Waals surface area contributed by atoms with E-state index in [1.807, 2.05) is 0 Å². The molecule has 24 heavy (non-hydrogen) atoms. The molecule has 0 aromatic carbocycles. The average molecular weight is 334 g/mol. The predicted molar refractivity (Wildman–Crippen MR) is 92.2 cm³/mol. The monoisotopic (exact) mass is 334 g/mol. The molecule has 1 aliphatic heterocycles. The van der Waals surface area contributed by atoms with Gasteiger partial charge in [-0.15, -0.1) is 0 Å². The number of hydrogen-bond donors (Lipinski definition) is 1. The Morgan fingerprint density at radius 3 is 2.46 bits per heavy atom. The molecule has 1 aromatic heterocycles. The molecule has 2 aliphatic rings. The molecule has 3 rings (SSSR count). The topological polar surface area (TPSA) is 90.3 Å². The van der Waals surface area contributed by atoms with Crippen LogP contribution in [0, 0.1) is 11.8 Å². The van der Waals surface area contributed by atoms with Crippen LogP contribution in [0.1, 0.15) is 42.5 Å². The Labute approximate surface area is 141 Å². The summed E-state index contributed by atoms with van der Waals surface area (Å²) < 4.78 is 2.10. The quantitative estimate of drug-likeness (QED) is 0.806. The second-order valence-corrected chi connectivity index (χ2v) is 7.22. The van der Waals surface area contributed by atoms with Crippen LogP contribution in [-0.4, -0.2) is 39.5 Å². The van der Waals surface area contributed by atoms with E-state index in [0.29, 0.717) is 5.92 Å². The molecule has 1 aliphatic carbocycles. The molecule has 132 valence electrons. The number of nitrogens with two attached hydrogens (primary N) is 1. The molecule has 1 aromatic rings. The van der Waals surface area contributed by atoms with Gasteiger partial charge in [0.1, 0.15) is 11.4 Å². The third-order valence-corrected chi connectivity index (χ3v) is 5.73. The van der Waals surface area contributed by atoms with Crippen molar-refractivity contribution >= 4 is 11.6 Å². The summed E-state index contributed by atoms with van der Waals surface area (Å²) >= 11 is 0. The molecule has 1 saturated heterocycles. The van der Waals surface area contributed by atoms with E-state index >= 15 is 0 Å². The van der Waals surface area contributed by atoms with Crippen molar-refractivity contribution in [1.29, 1.82) is 0 Å². The van der Waals surface area contributed by atoms with Crippen LogP contribution < -0.4 is 17.0 Å². The number of likely N-dealkylation sites (tertiary alicyclic amines) is 1. The van der Waals surface area contributed by atoms with Gasteiger partial charge in [-0.25, -0.2) is 4.79 Å². The van der Waals surface area contributed by atoms with Gasteiger partial charge in [-0.05, 0) is 31.2 Å². The van der Waals surface area contributed by atoms with E-state index in [1.165, 1.54) is 39.8 Å². The fraction of sp³-hybridized carbons (Fsp3) is 0.706. The van der Waals surface area contributed by atoms with Gasteiger partial charge >= 0.3 is 5.69 Å². The summed E-state index contributed by atoms with van der Waals surface area (Å²) in [6, 6.07) is 0. The highest BCUT2D eigenvalue weighted by Crippen LogP contribution is 2.35. The molecule has 0 bridgehead atoms. The number of fused-ring (bicyclic) bond motifs is 1. The lowest BCUT2D eigenvalue weighted by atomic mass is 9.75. The van der Waals surface area contributed by atoms with Crippen molar-refractivity contribution < 1.29 is 4.79 Å². The molecule has 2 fully saturated rings. The van der Waals surface area contributed by atoms with E-state index in [4.69, 9.17) is 5.73 Å². The number of nitrogens with zero attached hydrogens (tertiary/aromatic N) is 3. The molecule has 2 heterocycles. The summed E-state index contributed by atoms with van der Waals surface area (Å²) in [6.45, 7) is 2.00. The average Bonchev–Trinajstić information content (AvgIpc) is 2.58. The maximum absolute atomic E-state index is 12.7. The van der Waals surface area contributed by atoms with Crippen molar-refractivity contribution in [1.82, 2.24) is 14.0 Å². The third-order valence-electron chi connectivity index (χ3n) is 5.73. The van der Waals surface area contributed by atoms with Gasteiger partial charge in [0.15, 0.2) is 5.78 Å². The fourth-order valence-corrected chi connectivity index (χ4v) is 4.22. The first kappa shape index (κ1) is 17.0. The molecule has 0 spiro atoms. The lowest BCUT2D eigenvalue weighted by Crippen LogP contribution is -2.46. The van der Waals surface area contributed by atoms with Gasteiger partial charge < -0.3 is 5.73 Å². The van der Waals surface area contributed by atoms with Crippen LogP contribution in [0.5, 0.6) is 0 Å². The van der Waals surface area contributed by atoms with E-state index < -0.39 is 11.2 Å². The SMILES string of the molecule is Cn1c(N)c(C(=O)CN2CC[C@@H]3CCCC[C@H]3C2)c(=O)n(C)c1=O. The molecule has 0 amide bonds. The Morgan fingerprint density at radius 1 is 1.08 bits per heavy atom. The zero-order valence-electron chi connectivity index (χ0n) is 14.5. The first-order valence-electron chi connectivity index (χ1n) is 8.71. The number of carbonyl (C=O) groups is 1. The van der Waals surface area contributed by atoms with Gasteiger partial charge in [0.25, 0.3) is 5.56 Å². The minimum Gasteiger partial charge on any atom is -0.384 e. The number of anilines is 1. The smallest absolute Gasteiger partial charge is 0.332 e. The zero-order chi connectivity index (χ0) is 17.4. The van der Waals surface area contributed by atoms with Crippen molar-refractivity contribution in [2.45, 2.75) is 32.1 Å². The summed E-state index contributed by atoms with van der Waals surface area (Å²) in [5, 5.41) is 0. The van der Waals surface area contributed by atoms with E-state index in [0.717, 1.165) is 34.6 Å². The minimum absolute atomic E-state index is 0.0411. The van der Waals surface area contributed by atoms with Gasteiger partial charge in [-0.3, -0.25) is 23.6 Å². The zero-order valence-corrected chi connectivity index (χ0v) is 14.5. The Balaban J connectivity index is 1.79. The van der Waals surface area contributed by atoms with Crippen molar-refractivity contribution in [2.24, 2.45) is 25.9 Å². The van der Waals surface area contributed by atoms with Crippen LogP contribution in [0.2, 0.25) is 0 Å². The van der Waals surface area contributed by atoms with Gasteiger partial charge in [0.05, 0.1) is 6.54 Å². The van der Waals surface area contributed by atoms with Crippen LogP contribution in [0.15, 0.2) is 9.59 Å². The largest absolute Gasteiger partial charge is 0.384 e. The van der Waals surface area contributed by atoms with Gasteiger partial charge in [-0.2, -0.15) is 0 Å². The molecular formula is C17H26N4O3. The summed E-state index contributed by atoms with van der Waals surface area (Å²) in [4.78, 5) is 39.0. The molecule has 0 unspecified atom stereocenters. The van der Waals surface area contributed by atoms with Crippen LogP contribution in [0.25, 0.3) is 0 Å². The molecular weight excluding hydrogens is 308 g/mol. The van der Waals surface area contributed by atoms with E-state index in [-0.39, 0.29) is 23.7 Å². The van der Waals surface area contributed by atoms with E-state index in [9.17, 15) is 14.4 Å². The maximum atomic E-state index is 12.7. The summed E-state index contributed by atoms with van der Waals surface area (Å²) in [5.41, 5.74) is 4.69. The van der Waals surface area contributed by atoms with Crippen LogP contribution in [-0.2, 0) is 14.1 Å². The summed E-state index contributed by atoms with van der Waals surface area (Å²) in [5.74, 6) is 1.12. The van der Waals surface area contributed by atoms with Crippen molar-refractivity contribution in [3.63, 3.8) is 0 Å². The van der Waals surface area contributed by atoms with Gasteiger partial charge in [0, 0.05) is 20.6 Å². The number of aromatic nitrogens is 2. The number of nitrogen functional groups attached to an aromatic ring is 1. The van der Waals surface area contributed by atoms with Gasteiger partial charge in [-0.1, -0.05) is 19.3 Å². The highest BCUT2D eigenvalue weighted by Gasteiger charge is 2.32. The first-order chi connectivity index (χ1) is 11.4. The fourth-order valence-electron chi connectivity index (χ4n) is 4.22. The molecule has 7 nitrogen and oxygen atoms in total. The highest BCUT2D eigenvalue weighted by atomic mass is 16.2. The van der Waals surface area contributed by atoms with Crippen molar-refractivity contribution in [2.75, 3.05) is 25.4 Å². The number of carbonyl (C=O) groups excluding carboxylic acids is 1. The lowest BCUT2D eigenvalue weighted by molar-refractivity contribution is 0.0711. The number of rotatable bonds is 3. The Bertz CT molecular complexity index is 764. The second kappa shape index (κ2) is 6.55. The summed E-state index contributed by atoms with van der Waals surface area (Å²) in [7, 11) is 2.84. The second-order valence-electron chi connectivity index (χ2n) is 7.22. The number of ketones is 1. The molecule has 0 radical (unpaired) electrons. The first-order valence-corrected chi connectivity index (χ1v) is 8.71. The number of Topliss-reactive ketones (excluding diaryl/α,β-unsaturated/α-hetero) is 1. The Hall–Kier alpha value is -1.89. The van der Waals surface area contributed by atoms with E-state index in [2.05, 4.69) is 4.90 Å². The van der Waals surface area contributed by atoms with Gasteiger partial charge in [0.2, 0.25) is 0 Å². The van der Waals surface area contributed by atoms with Crippen LogP contribution in [0.4, 0.5) is 5.82 Å². The molecule has 2 N–H and O–H groups in total. The maximum Gasteiger partial charge on any atom is 0.332 e. The summed E-state index contributed by atoms with van der Waals surface area (Å²) in [6.07, 6.45) is 6.26. The van der Waals surface area contributed by atoms with Crippen LogP contribution in [0.3, 0.4) is 0 Å². The number of hydrogen-bond acceptors (Lipinski definition) is 5. The van der Waals surface area contributed by atoms with Crippen molar-refractivity contribution in [3.05, 3.63) is 26.4 Å². The standard InChI is InChI=1S/C17H26N4O3/c1-19-15(18)14(16(23)20(2)17(19)24)13(22)10-21-8-7-11-5-3-4-6-12(11)9-21/h11-12H,3-10,18H2,1-2H3/t11-,12-/m0/s1. The van der Waals surface area contributed by atoms with Crippen LogP contribution >= 0.6 is 0 Å². The normalized spacial score (nSPS) is 24.6. The minimum atomic E-state index is -0.604. The Morgan fingerprint density at radius 2 is 1.75 bits per heavy atom. The van der Waals surface area contributed by atoms with Crippen molar-refractivity contribution in [3.8, 4) is 0 Å². The molecule has 7 heteroatoms.